The maximum absolute atomic E-state index is 5.72. The Balaban J connectivity index is 1.77. The molecule has 2 aliphatic rings. The molecule has 94 valence electrons. The third-order valence-electron chi connectivity index (χ3n) is 4.71. The Labute approximate surface area is 101 Å². The summed E-state index contributed by atoms with van der Waals surface area (Å²) in [5, 5.41) is 0. The second-order valence-electron chi connectivity index (χ2n) is 6.02. The fraction of sp³-hybridized carbons (Fsp3) is 1.00. The van der Waals surface area contributed by atoms with Crippen LogP contribution in [0.5, 0.6) is 0 Å². The first-order chi connectivity index (χ1) is 7.78. The van der Waals surface area contributed by atoms with Crippen LogP contribution in [0.2, 0.25) is 0 Å². The Kier molecular flexibility index (Phi) is 4.26. The zero-order valence-electron chi connectivity index (χ0n) is 10.9. The fourth-order valence-electron chi connectivity index (χ4n) is 3.24. The molecule has 1 saturated heterocycles. The van der Waals surface area contributed by atoms with E-state index in [2.05, 4.69) is 11.8 Å². The van der Waals surface area contributed by atoms with E-state index in [4.69, 9.17) is 5.73 Å². The molecule has 0 radical (unpaired) electrons. The van der Waals surface area contributed by atoms with Crippen molar-refractivity contribution in [1.82, 2.24) is 4.90 Å². The summed E-state index contributed by atoms with van der Waals surface area (Å²) in [5.41, 5.74) is 6.36. The van der Waals surface area contributed by atoms with Crippen molar-refractivity contribution in [2.45, 2.75) is 51.9 Å². The van der Waals surface area contributed by atoms with Gasteiger partial charge in [-0.05, 0) is 69.5 Å². The Bertz CT molecular complexity index is 211. The molecule has 0 amide bonds. The van der Waals surface area contributed by atoms with Gasteiger partial charge in [0.15, 0.2) is 0 Å². The van der Waals surface area contributed by atoms with Gasteiger partial charge < -0.3 is 10.6 Å². The Morgan fingerprint density at radius 1 is 1.25 bits per heavy atom. The van der Waals surface area contributed by atoms with Crippen molar-refractivity contribution in [3.8, 4) is 0 Å². The molecule has 2 nitrogen and oxygen atoms in total. The van der Waals surface area contributed by atoms with Crippen molar-refractivity contribution >= 4 is 0 Å². The second kappa shape index (κ2) is 5.50. The Morgan fingerprint density at radius 3 is 2.69 bits per heavy atom. The molecule has 1 saturated carbocycles. The van der Waals surface area contributed by atoms with E-state index in [0.29, 0.717) is 5.41 Å². The number of rotatable bonds is 5. The largest absolute Gasteiger partial charge is 0.330 e. The quantitative estimate of drug-likeness (QED) is 0.778. The second-order valence-corrected chi connectivity index (χ2v) is 6.02. The predicted octanol–water partition coefficient (Wildman–Crippen LogP) is 2.63. The van der Waals surface area contributed by atoms with Gasteiger partial charge in [-0.15, -0.1) is 0 Å². The lowest BCUT2D eigenvalue weighted by atomic mass is 9.98. The average Bonchev–Trinajstić information content (AvgIpc) is 3.05. The van der Waals surface area contributed by atoms with Gasteiger partial charge in [0.1, 0.15) is 0 Å². The van der Waals surface area contributed by atoms with Gasteiger partial charge in [-0.1, -0.05) is 13.3 Å². The molecule has 1 aliphatic carbocycles. The van der Waals surface area contributed by atoms with E-state index in [1.165, 1.54) is 64.6 Å². The van der Waals surface area contributed by atoms with E-state index in [9.17, 15) is 0 Å². The molecule has 1 atom stereocenters. The van der Waals surface area contributed by atoms with Crippen molar-refractivity contribution in [3.05, 3.63) is 0 Å². The molecule has 2 fully saturated rings. The van der Waals surface area contributed by atoms with Gasteiger partial charge in [0, 0.05) is 6.54 Å². The minimum atomic E-state index is 0.640. The van der Waals surface area contributed by atoms with Gasteiger partial charge in [-0.25, -0.2) is 0 Å². The van der Waals surface area contributed by atoms with Gasteiger partial charge in [0.25, 0.3) is 0 Å². The van der Waals surface area contributed by atoms with Crippen molar-refractivity contribution < 1.29 is 0 Å². The minimum Gasteiger partial charge on any atom is -0.330 e. The van der Waals surface area contributed by atoms with E-state index >= 15 is 0 Å². The van der Waals surface area contributed by atoms with Crippen LogP contribution >= 0.6 is 0 Å². The van der Waals surface area contributed by atoms with Crippen LogP contribution in [0.1, 0.15) is 51.9 Å². The normalized spacial score (nSPS) is 30.0. The molecule has 1 heterocycles. The van der Waals surface area contributed by atoms with Gasteiger partial charge in [-0.2, -0.15) is 0 Å². The molecular formula is C14H28N2. The van der Waals surface area contributed by atoms with E-state index in [1.54, 1.807) is 0 Å². The highest BCUT2D eigenvalue weighted by Gasteiger charge is 2.42. The minimum absolute atomic E-state index is 0.640. The molecule has 1 aliphatic heterocycles. The third-order valence-corrected chi connectivity index (χ3v) is 4.71. The van der Waals surface area contributed by atoms with Crippen LogP contribution in [0, 0.1) is 11.3 Å². The summed E-state index contributed by atoms with van der Waals surface area (Å²) < 4.78 is 0. The van der Waals surface area contributed by atoms with E-state index in [0.717, 1.165) is 12.5 Å². The van der Waals surface area contributed by atoms with Crippen LogP contribution in [-0.2, 0) is 0 Å². The van der Waals surface area contributed by atoms with Crippen LogP contribution in [0.4, 0.5) is 0 Å². The van der Waals surface area contributed by atoms with Gasteiger partial charge in [0.2, 0.25) is 0 Å². The van der Waals surface area contributed by atoms with Crippen molar-refractivity contribution in [3.63, 3.8) is 0 Å². The zero-order chi connectivity index (χ0) is 11.4. The molecule has 0 aromatic carbocycles. The first-order valence-electron chi connectivity index (χ1n) is 7.20. The summed E-state index contributed by atoms with van der Waals surface area (Å²) in [7, 11) is 0. The van der Waals surface area contributed by atoms with Crippen LogP contribution in [0.15, 0.2) is 0 Å². The van der Waals surface area contributed by atoms with Crippen LogP contribution in [0.25, 0.3) is 0 Å². The fourth-order valence-corrected chi connectivity index (χ4v) is 3.24. The van der Waals surface area contributed by atoms with E-state index < -0.39 is 0 Å². The van der Waals surface area contributed by atoms with Crippen LogP contribution in [0.3, 0.4) is 0 Å². The lowest BCUT2D eigenvalue weighted by molar-refractivity contribution is 0.218. The maximum atomic E-state index is 5.72. The third kappa shape index (κ3) is 3.21. The molecule has 16 heavy (non-hydrogen) atoms. The summed E-state index contributed by atoms with van der Waals surface area (Å²) in [6.07, 6.45) is 9.78. The van der Waals surface area contributed by atoms with Gasteiger partial charge in [0.05, 0.1) is 0 Å². The SMILES string of the molecule is CCC1CCCN(CC2(CCN)CC2)CC1. The molecular weight excluding hydrogens is 196 g/mol. The average molecular weight is 224 g/mol. The topological polar surface area (TPSA) is 29.3 Å². The van der Waals surface area contributed by atoms with Crippen LogP contribution < -0.4 is 5.73 Å². The molecule has 2 N–H and O–H groups in total. The monoisotopic (exact) mass is 224 g/mol. The first kappa shape index (κ1) is 12.4. The number of nitrogens with zero attached hydrogens (tertiary/aromatic N) is 1. The number of hydrogen-bond acceptors (Lipinski definition) is 2. The highest BCUT2D eigenvalue weighted by atomic mass is 15.1. The van der Waals surface area contributed by atoms with Gasteiger partial charge in [-0.3, -0.25) is 0 Å². The van der Waals surface area contributed by atoms with Crippen LogP contribution in [-0.4, -0.2) is 31.1 Å². The van der Waals surface area contributed by atoms with Crippen molar-refractivity contribution in [1.29, 1.82) is 0 Å². The summed E-state index contributed by atoms with van der Waals surface area (Å²) >= 11 is 0. The molecule has 2 heteroatoms. The summed E-state index contributed by atoms with van der Waals surface area (Å²) in [4.78, 5) is 2.72. The van der Waals surface area contributed by atoms with E-state index in [1.807, 2.05) is 0 Å². The number of nitrogens with two attached hydrogens (primary N) is 1. The standard InChI is InChI=1S/C14H28N2/c1-2-13-4-3-10-16(11-5-13)12-14(6-7-14)8-9-15/h13H,2-12,15H2,1H3. The Morgan fingerprint density at radius 2 is 2.06 bits per heavy atom. The van der Waals surface area contributed by atoms with Gasteiger partial charge >= 0.3 is 0 Å². The zero-order valence-corrected chi connectivity index (χ0v) is 10.9. The Hall–Kier alpha value is -0.0800. The van der Waals surface area contributed by atoms with Crippen molar-refractivity contribution in [2.75, 3.05) is 26.2 Å². The van der Waals surface area contributed by atoms with E-state index in [-0.39, 0.29) is 0 Å². The lowest BCUT2D eigenvalue weighted by Gasteiger charge is -2.26. The molecule has 0 bridgehead atoms. The molecule has 0 aromatic rings. The maximum Gasteiger partial charge on any atom is 0.00385 e. The van der Waals surface area contributed by atoms with Crippen molar-refractivity contribution in [2.24, 2.45) is 17.1 Å². The summed E-state index contributed by atoms with van der Waals surface area (Å²) in [5.74, 6) is 0.995. The summed E-state index contributed by atoms with van der Waals surface area (Å²) in [6, 6.07) is 0. The number of hydrogen-bond donors (Lipinski definition) is 1. The summed E-state index contributed by atoms with van der Waals surface area (Å²) in [6.45, 7) is 7.23. The number of likely N-dealkylation sites (tertiary alicyclic amines) is 1. The first-order valence-corrected chi connectivity index (χ1v) is 7.20. The lowest BCUT2D eigenvalue weighted by Crippen LogP contribution is -2.32. The highest BCUT2D eigenvalue weighted by Crippen LogP contribution is 2.49. The molecule has 0 aromatic heterocycles. The predicted molar refractivity (Wildman–Crippen MR) is 69.4 cm³/mol. The highest BCUT2D eigenvalue weighted by molar-refractivity contribution is 4.95. The molecule has 0 spiro atoms. The smallest absolute Gasteiger partial charge is 0.00385 e. The molecule has 1 unspecified atom stereocenters. The molecule has 2 rings (SSSR count).